The van der Waals surface area contributed by atoms with Gasteiger partial charge in [-0.2, -0.15) is 0 Å². The number of ether oxygens (including phenoxy) is 2. The Balaban J connectivity index is 1.92. The highest BCUT2D eigenvalue weighted by Crippen LogP contribution is 2.31. The lowest BCUT2D eigenvalue weighted by Gasteiger charge is -2.25. The molecule has 37 heavy (non-hydrogen) atoms. The number of carbonyl (C=O) groups is 1. The summed E-state index contributed by atoms with van der Waals surface area (Å²) in [5.74, 6) is 0.616. The van der Waals surface area contributed by atoms with Crippen LogP contribution in [0.4, 0.5) is 0 Å². The van der Waals surface area contributed by atoms with Crippen LogP contribution in [0.2, 0.25) is 0 Å². The Bertz CT molecular complexity index is 1520. The highest BCUT2D eigenvalue weighted by Gasteiger charge is 2.33. The molecule has 2 heterocycles. The van der Waals surface area contributed by atoms with Gasteiger partial charge in [0.15, 0.2) is 4.80 Å². The molecule has 1 aliphatic heterocycles. The minimum absolute atomic E-state index is 0.211. The number of hydrogen-bond donors (Lipinski definition) is 0. The van der Waals surface area contributed by atoms with E-state index in [9.17, 15) is 9.59 Å². The van der Waals surface area contributed by atoms with E-state index < -0.39 is 12.0 Å². The van der Waals surface area contributed by atoms with Gasteiger partial charge in [-0.05, 0) is 61.6 Å². The molecule has 0 amide bonds. The normalized spacial score (nSPS) is 15.5. The van der Waals surface area contributed by atoms with Gasteiger partial charge in [-0.25, -0.2) is 9.79 Å². The average Bonchev–Trinajstić information content (AvgIpc) is 3.17. The molecule has 0 bridgehead atoms. The van der Waals surface area contributed by atoms with Gasteiger partial charge in [0.1, 0.15) is 5.75 Å². The molecule has 2 aromatic carbocycles. The van der Waals surface area contributed by atoms with Crippen LogP contribution in [-0.2, 0) is 9.53 Å². The molecule has 1 aromatic heterocycles. The van der Waals surface area contributed by atoms with Crippen molar-refractivity contribution in [2.24, 2.45) is 4.99 Å². The molecule has 0 radical (unpaired) electrons. The third kappa shape index (κ3) is 5.65. The van der Waals surface area contributed by atoms with Crippen molar-refractivity contribution < 1.29 is 14.3 Å². The second-order valence-corrected chi connectivity index (χ2v) is 11.1. The SMILES string of the molecule is CCCOc1ccc(Br)cc1C=c1sc2n(c1=O)C(c1ccc(C(C)C)cc1)C(C(=O)OCC)=C(C)N=2. The molecule has 4 rings (SSSR count). The first-order valence-corrected chi connectivity index (χ1v) is 14.1. The topological polar surface area (TPSA) is 69.9 Å². The monoisotopic (exact) mass is 582 g/mol. The van der Waals surface area contributed by atoms with Crippen LogP contribution in [0.3, 0.4) is 0 Å². The summed E-state index contributed by atoms with van der Waals surface area (Å²) >= 11 is 4.83. The van der Waals surface area contributed by atoms with Crippen molar-refractivity contribution in [1.82, 2.24) is 4.57 Å². The van der Waals surface area contributed by atoms with Gasteiger partial charge >= 0.3 is 5.97 Å². The minimum Gasteiger partial charge on any atom is -0.493 e. The van der Waals surface area contributed by atoms with Gasteiger partial charge in [0, 0.05) is 10.0 Å². The molecule has 1 aliphatic rings. The molecular formula is C29H31BrN2O4S. The molecule has 0 fully saturated rings. The lowest BCUT2D eigenvalue weighted by molar-refractivity contribution is -0.139. The second-order valence-electron chi connectivity index (χ2n) is 9.15. The minimum atomic E-state index is -0.628. The number of carbonyl (C=O) groups excluding carboxylic acids is 1. The predicted octanol–water partition coefficient (Wildman–Crippen LogP) is 5.47. The van der Waals surface area contributed by atoms with E-state index in [-0.39, 0.29) is 12.2 Å². The van der Waals surface area contributed by atoms with Crippen LogP contribution >= 0.6 is 27.3 Å². The Hall–Kier alpha value is -2.97. The first kappa shape index (κ1) is 27.1. The van der Waals surface area contributed by atoms with Gasteiger partial charge in [-0.1, -0.05) is 72.3 Å². The highest BCUT2D eigenvalue weighted by molar-refractivity contribution is 9.10. The summed E-state index contributed by atoms with van der Waals surface area (Å²) in [5, 5.41) is 0. The Morgan fingerprint density at radius 3 is 2.57 bits per heavy atom. The predicted molar refractivity (Wildman–Crippen MR) is 151 cm³/mol. The van der Waals surface area contributed by atoms with E-state index in [4.69, 9.17) is 9.47 Å². The lowest BCUT2D eigenvalue weighted by Crippen LogP contribution is -2.39. The molecular weight excluding hydrogens is 552 g/mol. The van der Waals surface area contributed by atoms with Crippen LogP contribution < -0.4 is 19.6 Å². The number of halogens is 1. The summed E-state index contributed by atoms with van der Waals surface area (Å²) in [7, 11) is 0. The van der Waals surface area contributed by atoms with E-state index in [1.165, 1.54) is 16.9 Å². The van der Waals surface area contributed by atoms with Gasteiger partial charge in [0.2, 0.25) is 0 Å². The van der Waals surface area contributed by atoms with Gasteiger partial charge in [-0.15, -0.1) is 0 Å². The molecule has 1 atom stereocenters. The highest BCUT2D eigenvalue weighted by atomic mass is 79.9. The van der Waals surface area contributed by atoms with E-state index in [2.05, 4.69) is 34.8 Å². The largest absolute Gasteiger partial charge is 0.493 e. The number of hydrogen-bond acceptors (Lipinski definition) is 6. The first-order valence-electron chi connectivity index (χ1n) is 12.5. The van der Waals surface area contributed by atoms with Crippen LogP contribution in [-0.4, -0.2) is 23.8 Å². The van der Waals surface area contributed by atoms with Gasteiger partial charge in [0.25, 0.3) is 5.56 Å². The third-order valence-corrected chi connectivity index (χ3v) is 7.63. The van der Waals surface area contributed by atoms with Crippen LogP contribution in [0, 0.1) is 0 Å². The number of fused-ring (bicyclic) bond motifs is 1. The Morgan fingerprint density at radius 2 is 1.92 bits per heavy atom. The van der Waals surface area contributed by atoms with Crippen molar-refractivity contribution in [3.05, 3.63) is 94.6 Å². The molecule has 1 unspecified atom stereocenters. The fourth-order valence-corrected chi connectivity index (χ4v) is 5.70. The van der Waals surface area contributed by atoms with E-state index in [1.807, 2.05) is 55.5 Å². The summed E-state index contributed by atoms with van der Waals surface area (Å²) < 4.78 is 14.3. The van der Waals surface area contributed by atoms with Crippen LogP contribution in [0.25, 0.3) is 6.08 Å². The molecule has 8 heteroatoms. The molecule has 0 N–H and O–H groups in total. The third-order valence-electron chi connectivity index (χ3n) is 6.16. The fourth-order valence-electron chi connectivity index (χ4n) is 4.29. The van der Waals surface area contributed by atoms with Crippen molar-refractivity contribution in [2.75, 3.05) is 13.2 Å². The van der Waals surface area contributed by atoms with Crippen molar-refractivity contribution in [3.8, 4) is 5.75 Å². The van der Waals surface area contributed by atoms with Crippen molar-refractivity contribution in [2.45, 2.75) is 53.0 Å². The van der Waals surface area contributed by atoms with Crippen molar-refractivity contribution in [1.29, 1.82) is 0 Å². The van der Waals surface area contributed by atoms with E-state index in [0.29, 0.717) is 38.9 Å². The maximum Gasteiger partial charge on any atom is 0.338 e. The Kier molecular flexibility index (Phi) is 8.49. The number of rotatable bonds is 8. The van der Waals surface area contributed by atoms with Crippen LogP contribution in [0.15, 0.2) is 68.0 Å². The number of aromatic nitrogens is 1. The number of benzene rings is 2. The number of allylic oxidation sites excluding steroid dienone is 1. The zero-order valence-electron chi connectivity index (χ0n) is 21.7. The second kappa shape index (κ2) is 11.6. The summed E-state index contributed by atoms with van der Waals surface area (Å²) in [6.45, 7) is 10.7. The van der Waals surface area contributed by atoms with Gasteiger partial charge in [0.05, 0.1) is 35.1 Å². The van der Waals surface area contributed by atoms with Gasteiger partial charge in [-0.3, -0.25) is 9.36 Å². The first-order chi connectivity index (χ1) is 17.7. The maximum absolute atomic E-state index is 13.9. The van der Waals surface area contributed by atoms with Crippen molar-refractivity contribution in [3.63, 3.8) is 0 Å². The molecule has 194 valence electrons. The molecule has 0 saturated carbocycles. The average molecular weight is 584 g/mol. The Labute approximate surface area is 229 Å². The van der Waals surface area contributed by atoms with Crippen LogP contribution in [0.5, 0.6) is 5.75 Å². The quantitative estimate of drug-likeness (QED) is 0.330. The smallest absolute Gasteiger partial charge is 0.338 e. The fraction of sp³-hybridized carbons (Fsp3) is 0.345. The molecule has 3 aromatic rings. The zero-order valence-corrected chi connectivity index (χ0v) is 24.1. The van der Waals surface area contributed by atoms with Crippen LogP contribution in [0.1, 0.15) is 69.7 Å². The zero-order chi connectivity index (χ0) is 26.7. The molecule has 0 aliphatic carbocycles. The Morgan fingerprint density at radius 1 is 1.19 bits per heavy atom. The maximum atomic E-state index is 13.9. The molecule has 6 nitrogen and oxygen atoms in total. The van der Waals surface area contributed by atoms with E-state index >= 15 is 0 Å². The lowest BCUT2D eigenvalue weighted by atomic mass is 9.93. The summed E-state index contributed by atoms with van der Waals surface area (Å²) in [5.41, 5.74) is 3.54. The number of thiazole rings is 1. The molecule has 0 spiro atoms. The molecule has 0 saturated heterocycles. The standard InChI is InChI=1S/C29H31BrN2O4S/c1-6-14-36-23-13-12-22(30)15-21(23)16-24-27(33)32-26(20-10-8-19(9-11-20)17(3)4)25(28(34)35-7-2)18(5)31-29(32)37-24/h8-13,15-17,26H,6-7,14H2,1-5H3. The van der Waals surface area contributed by atoms with E-state index in [1.54, 1.807) is 18.4 Å². The van der Waals surface area contributed by atoms with Crippen molar-refractivity contribution >= 4 is 39.3 Å². The summed E-state index contributed by atoms with van der Waals surface area (Å²) in [6.07, 6.45) is 2.71. The van der Waals surface area contributed by atoms with Gasteiger partial charge < -0.3 is 9.47 Å². The van der Waals surface area contributed by atoms with E-state index in [0.717, 1.165) is 22.0 Å². The summed E-state index contributed by atoms with van der Waals surface area (Å²) in [4.78, 5) is 32.2. The number of nitrogens with zero attached hydrogens (tertiary/aromatic N) is 2. The number of esters is 1. The summed E-state index contributed by atoms with van der Waals surface area (Å²) in [6, 6.07) is 13.2.